The summed E-state index contributed by atoms with van der Waals surface area (Å²) < 4.78 is 11.6. The highest BCUT2D eigenvalue weighted by Gasteiger charge is 2.55. The molecule has 1 aliphatic heterocycles. The molecule has 10 nitrogen and oxygen atoms in total. The number of amides is 1. The maximum atomic E-state index is 12.2. The van der Waals surface area contributed by atoms with Crippen LogP contribution in [0, 0.1) is 17.8 Å². The summed E-state index contributed by atoms with van der Waals surface area (Å²) in [5.41, 5.74) is 7.50. The van der Waals surface area contributed by atoms with Gasteiger partial charge in [0.15, 0.2) is 0 Å². The summed E-state index contributed by atoms with van der Waals surface area (Å²) in [5.74, 6) is 2.65. The molecular formula is C25H32N6O4. The minimum atomic E-state index is -0.568. The number of β-amino-alcohol motifs (C(OH)–C–C–N with tert-alkyl or cyclic N) is 1. The topological polar surface area (TPSA) is 144 Å². The average molecular weight is 481 g/mol. The maximum absolute atomic E-state index is 12.2. The molecule has 0 spiro atoms. The van der Waals surface area contributed by atoms with E-state index in [0.29, 0.717) is 35.9 Å². The molecule has 10 heteroatoms. The molecule has 1 amide bonds. The maximum Gasteiger partial charge on any atom is 0.254 e. The molecule has 4 fully saturated rings. The summed E-state index contributed by atoms with van der Waals surface area (Å²) in [4.78, 5) is 21.2. The number of hydrogen-bond donors (Lipinski definition) is 5. The molecule has 4 aliphatic carbocycles. The highest BCUT2D eigenvalue weighted by molar-refractivity contribution is 5.97. The Bertz CT molecular complexity index is 1130. The number of hydrogen-bond acceptors (Lipinski definition) is 9. The van der Waals surface area contributed by atoms with Crippen LogP contribution >= 0.6 is 0 Å². The number of nitrogens with zero attached hydrogens (tertiary/aromatic N) is 2. The van der Waals surface area contributed by atoms with Crippen LogP contribution in [0.4, 0.5) is 23.1 Å². The first-order valence-corrected chi connectivity index (χ1v) is 12.4. The second-order valence-electron chi connectivity index (χ2n) is 10.5. The number of aliphatic hydroxyl groups is 1. The van der Waals surface area contributed by atoms with E-state index in [-0.39, 0.29) is 23.8 Å². The second kappa shape index (κ2) is 8.53. The first-order valence-electron chi connectivity index (χ1n) is 12.4. The van der Waals surface area contributed by atoms with Gasteiger partial charge in [0.05, 0.1) is 16.9 Å². The molecule has 6 N–H and O–H groups in total. The molecule has 1 aromatic carbocycles. The Hall–Kier alpha value is -3.11. The molecular weight excluding hydrogens is 448 g/mol. The first-order chi connectivity index (χ1) is 16.9. The van der Waals surface area contributed by atoms with Crippen LogP contribution in [0.1, 0.15) is 42.5 Å². The van der Waals surface area contributed by atoms with Gasteiger partial charge in [-0.1, -0.05) is 0 Å². The third-order valence-corrected chi connectivity index (χ3v) is 8.20. The van der Waals surface area contributed by atoms with Crippen molar-refractivity contribution in [2.75, 3.05) is 36.2 Å². The number of rotatable bonds is 6. The van der Waals surface area contributed by atoms with E-state index in [2.05, 4.69) is 25.9 Å². The molecule has 5 aliphatic rings. The molecule has 4 saturated carbocycles. The molecule has 35 heavy (non-hydrogen) atoms. The number of methoxy groups -OCH3 is 1. The number of carbonyl (C=O) groups is 1. The lowest BCUT2D eigenvalue weighted by Crippen LogP contribution is -2.59. The molecule has 7 rings (SSSR count). The third kappa shape index (κ3) is 4.14. The number of nitrogens with two attached hydrogens (primary N) is 1. The van der Waals surface area contributed by atoms with Crippen molar-refractivity contribution in [3.63, 3.8) is 0 Å². The predicted molar refractivity (Wildman–Crippen MR) is 131 cm³/mol. The number of aliphatic hydroxyl groups excluding tert-OH is 1. The molecule has 0 radical (unpaired) electrons. The zero-order chi connectivity index (χ0) is 24.2. The average Bonchev–Trinajstić information content (AvgIpc) is 3.02. The van der Waals surface area contributed by atoms with Crippen molar-refractivity contribution in [2.24, 2.45) is 23.5 Å². The fourth-order valence-electron chi connectivity index (χ4n) is 6.80. The Balaban J connectivity index is 1.24. The van der Waals surface area contributed by atoms with Crippen LogP contribution in [0.15, 0.2) is 24.4 Å². The van der Waals surface area contributed by atoms with E-state index < -0.39 is 12.0 Å². The number of benzene rings is 1. The van der Waals surface area contributed by atoms with E-state index in [4.69, 9.17) is 15.2 Å². The fourth-order valence-corrected chi connectivity index (χ4v) is 6.80. The van der Waals surface area contributed by atoms with Crippen LogP contribution in [0.3, 0.4) is 0 Å². The van der Waals surface area contributed by atoms with Gasteiger partial charge in [-0.15, -0.1) is 0 Å². The Labute approximate surface area is 204 Å². The third-order valence-electron chi connectivity index (χ3n) is 8.20. The number of fused-ring (bicyclic) bond motifs is 1. The largest absolute Gasteiger partial charge is 0.489 e. The first kappa shape index (κ1) is 22.4. The van der Waals surface area contributed by atoms with Crippen molar-refractivity contribution in [1.82, 2.24) is 9.97 Å². The predicted octanol–water partition coefficient (Wildman–Crippen LogP) is 2.49. The van der Waals surface area contributed by atoms with E-state index >= 15 is 0 Å². The summed E-state index contributed by atoms with van der Waals surface area (Å²) in [6, 6.07) is 5.81. The molecule has 2 aromatic rings. The zero-order valence-electron chi connectivity index (χ0n) is 19.8. The number of anilines is 4. The lowest BCUT2D eigenvalue weighted by molar-refractivity contribution is -0.149. The van der Waals surface area contributed by atoms with Crippen molar-refractivity contribution in [2.45, 2.75) is 49.9 Å². The van der Waals surface area contributed by atoms with Crippen molar-refractivity contribution in [1.29, 1.82) is 0 Å². The molecule has 186 valence electrons. The van der Waals surface area contributed by atoms with Crippen LogP contribution in [0.5, 0.6) is 5.75 Å². The van der Waals surface area contributed by atoms with Crippen molar-refractivity contribution in [3.8, 4) is 5.75 Å². The van der Waals surface area contributed by atoms with E-state index in [0.717, 1.165) is 36.6 Å². The van der Waals surface area contributed by atoms with E-state index in [1.54, 1.807) is 0 Å². The summed E-state index contributed by atoms with van der Waals surface area (Å²) >= 11 is 0. The lowest BCUT2D eigenvalue weighted by Gasteiger charge is -2.59. The molecule has 2 unspecified atom stereocenters. The Kier molecular flexibility index (Phi) is 5.45. The SMILES string of the molecule is COC12CC3CC(C1)C(Nc1nc(Nc4ccc5c(c4)NC[C@H](O)CO5)ncc1C(N)=O)C(C3)C2. The molecule has 0 saturated heterocycles. The summed E-state index contributed by atoms with van der Waals surface area (Å²) in [6.07, 6.45) is 6.51. The van der Waals surface area contributed by atoms with E-state index in [1.807, 2.05) is 25.3 Å². The quantitative estimate of drug-likeness (QED) is 0.421. The number of ether oxygens (including phenoxy) is 2. The molecule has 4 bridgehead atoms. The van der Waals surface area contributed by atoms with Gasteiger partial charge in [-0.25, -0.2) is 4.98 Å². The van der Waals surface area contributed by atoms with Crippen LogP contribution < -0.4 is 26.4 Å². The minimum absolute atomic E-state index is 0.0126. The van der Waals surface area contributed by atoms with Gasteiger partial charge in [0.1, 0.15) is 24.3 Å². The monoisotopic (exact) mass is 480 g/mol. The summed E-state index contributed by atoms with van der Waals surface area (Å²) in [6.45, 7) is 0.651. The van der Waals surface area contributed by atoms with Gasteiger partial charge in [0.25, 0.3) is 5.91 Å². The van der Waals surface area contributed by atoms with Crippen LogP contribution in [-0.2, 0) is 4.74 Å². The van der Waals surface area contributed by atoms with E-state index in [9.17, 15) is 9.90 Å². The van der Waals surface area contributed by atoms with Gasteiger partial charge in [-0.3, -0.25) is 4.79 Å². The number of aromatic nitrogens is 2. The molecule has 2 heterocycles. The standard InChI is InChI=1S/C25H32N6O4/c1-34-25-7-13-4-14(8-25)21(15(5-13)9-25)30-23-18(22(26)33)11-28-24(31-23)29-16-2-3-20-19(6-16)27-10-17(32)12-35-20/h2-3,6,11,13-15,17,21,27,32H,4-5,7-10,12H2,1H3,(H2,26,33)(H2,28,29,30,31)/t13?,14?,15?,17-,21?,25?/m0/s1. The molecule has 3 atom stereocenters. The van der Waals surface area contributed by atoms with Gasteiger partial charge in [0.2, 0.25) is 5.95 Å². The lowest BCUT2D eigenvalue weighted by atomic mass is 9.52. The summed E-state index contributed by atoms with van der Waals surface area (Å²) in [5, 5.41) is 19.8. The fraction of sp³-hybridized carbons (Fsp3) is 0.560. The minimum Gasteiger partial charge on any atom is -0.489 e. The van der Waals surface area contributed by atoms with Gasteiger partial charge in [0, 0.05) is 31.6 Å². The van der Waals surface area contributed by atoms with Gasteiger partial charge in [-0.05, 0) is 68.1 Å². The van der Waals surface area contributed by atoms with Crippen LogP contribution in [0.25, 0.3) is 0 Å². The van der Waals surface area contributed by atoms with Crippen molar-refractivity contribution in [3.05, 3.63) is 30.0 Å². The normalized spacial score (nSPS) is 32.7. The van der Waals surface area contributed by atoms with Crippen LogP contribution in [-0.4, -0.2) is 59.0 Å². The molecule has 1 aromatic heterocycles. The number of nitrogens with one attached hydrogen (secondary N) is 3. The van der Waals surface area contributed by atoms with Crippen molar-refractivity contribution < 1.29 is 19.4 Å². The number of primary amides is 1. The Morgan fingerprint density at radius 3 is 2.83 bits per heavy atom. The van der Waals surface area contributed by atoms with Crippen molar-refractivity contribution >= 4 is 29.0 Å². The van der Waals surface area contributed by atoms with E-state index in [1.165, 1.54) is 19.0 Å². The van der Waals surface area contributed by atoms with Gasteiger partial charge >= 0.3 is 0 Å². The highest BCUT2D eigenvalue weighted by Crippen LogP contribution is 2.57. The zero-order valence-corrected chi connectivity index (χ0v) is 19.8. The van der Waals surface area contributed by atoms with Gasteiger partial charge < -0.3 is 36.3 Å². The highest BCUT2D eigenvalue weighted by atomic mass is 16.5. The second-order valence-corrected chi connectivity index (χ2v) is 10.5. The smallest absolute Gasteiger partial charge is 0.254 e. The van der Waals surface area contributed by atoms with Gasteiger partial charge in [-0.2, -0.15) is 4.98 Å². The summed E-state index contributed by atoms with van der Waals surface area (Å²) in [7, 11) is 1.84. The Morgan fingerprint density at radius 2 is 2.09 bits per heavy atom. The Morgan fingerprint density at radius 1 is 1.29 bits per heavy atom. The number of carbonyl (C=O) groups excluding carboxylic acids is 1. The van der Waals surface area contributed by atoms with Crippen LogP contribution in [0.2, 0.25) is 0 Å².